The minimum atomic E-state index is -3.45. The fraction of sp³-hybridized carbons (Fsp3) is 0.600. The van der Waals surface area contributed by atoms with Gasteiger partial charge in [-0.3, -0.25) is 4.52 Å². The summed E-state index contributed by atoms with van der Waals surface area (Å²) in [5, 5.41) is 0. The maximum atomic E-state index is 11.0. The average molecular weight is 219 g/mol. The van der Waals surface area contributed by atoms with E-state index in [9.17, 15) is 4.57 Å². The van der Waals surface area contributed by atoms with E-state index >= 15 is 0 Å². The summed E-state index contributed by atoms with van der Waals surface area (Å²) in [5.74, 6) is 0.262. The van der Waals surface area contributed by atoms with Gasteiger partial charge < -0.3 is 4.52 Å². The molecule has 0 aliphatic rings. The summed E-state index contributed by atoms with van der Waals surface area (Å²) in [5.41, 5.74) is 1.13. The van der Waals surface area contributed by atoms with E-state index in [0.29, 0.717) is 0 Å². The number of rotatable bonds is 4. The van der Waals surface area contributed by atoms with E-state index in [1.807, 2.05) is 0 Å². The average Bonchev–Trinajstić information content (AvgIpc) is 1.86. The van der Waals surface area contributed by atoms with Crippen molar-refractivity contribution < 1.29 is 13.6 Å². The molecular weight excluding hydrogens is 210 g/mol. The standard InChI is InChI=1S/C5H9Cl2O3P/c1-3-9-11(7,8)10-5(2)4-6/h4H,3H2,1-2H3. The third kappa shape index (κ3) is 5.57. The van der Waals surface area contributed by atoms with Crippen LogP contribution in [-0.2, 0) is 13.6 Å². The highest BCUT2D eigenvalue weighted by molar-refractivity contribution is 7.81. The Labute approximate surface area is 75.6 Å². The number of allylic oxidation sites excluding steroid dienone is 1. The van der Waals surface area contributed by atoms with Crippen LogP contribution in [0.3, 0.4) is 0 Å². The van der Waals surface area contributed by atoms with Crippen LogP contribution in [0.4, 0.5) is 0 Å². The molecule has 0 heterocycles. The SMILES string of the molecule is CCOP(=O)(Cl)OC(C)=CCl. The molecule has 6 heteroatoms. The van der Waals surface area contributed by atoms with Crippen LogP contribution in [0.5, 0.6) is 0 Å². The second-order valence-electron chi connectivity index (χ2n) is 1.66. The molecule has 0 saturated heterocycles. The van der Waals surface area contributed by atoms with Crippen molar-refractivity contribution in [1.82, 2.24) is 0 Å². The Morgan fingerprint density at radius 2 is 2.27 bits per heavy atom. The van der Waals surface area contributed by atoms with Crippen molar-refractivity contribution in [3.63, 3.8) is 0 Å². The lowest BCUT2D eigenvalue weighted by molar-refractivity contribution is 0.266. The molecule has 0 aromatic heterocycles. The van der Waals surface area contributed by atoms with Crippen molar-refractivity contribution in [2.75, 3.05) is 6.61 Å². The molecule has 0 aromatic rings. The molecule has 0 fully saturated rings. The third-order valence-electron chi connectivity index (χ3n) is 0.690. The van der Waals surface area contributed by atoms with Gasteiger partial charge in [0.2, 0.25) is 0 Å². The molecule has 0 spiro atoms. The molecule has 0 aliphatic carbocycles. The van der Waals surface area contributed by atoms with E-state index in [-0.39, 0.29) is 12.4 Å². The fourth-order valence-electron chi connectivity index (χ4n) is 0.372. The first-order valence-corrected chi connectivity index (χ1v) is 5.81. The fourth-order valence-corrected chi connectivity index (χ4v) is 1.86. The summed E-state index contributed by atoms with van der Waals surface area (Å²) in [4.78, 5) is 0. The van der Waals surface area contributed by atoms with Crippen LogP contribution in [0.2, 0.25) is 0 Å². The van der Waals surface area contributed by atoms with Gasteiger partial charge in [-0.25, -0.2) is 4.57 Å². The van der Waals surface area contributed by atoms with Crippen molar-refractivity contribution >= 4 is 29.8 Å². The summed E-state index contributed by atoms with van der Waals surface area (Å²) in [6.07, 6.45) is 0. The molecule has 66 valence electrons. The van der Waals surface area contributed by atoms with Crippen LogP contribution >= 0.6 is 29.8 Å². The van der Waals surface area contributed by atoms with Crippen LogP contribution in [0.25, 0.3) is 0 Å². The van der Waals surface area contributed by atoms with Gasteiger partial charge in [0.05, 0.1) is 6.61 Å². The largest absolute Gasteiger partial charge is 0.476 e. The molecule has 11 heavy (non-hydrogen) atoms. The Bertz CT molecular complexity index is 192. The Balaban J connectivity index is 4.02. The lowest BCUT2D eigenvalue weighted by Crippen LogP contribution is -1.87. The summed E-state index contributed by atoms with van der Waals surface area (Å²) >= 11 is 10.6. The minimum absolute atomic E-state index is 0.232. The van der Waals surface area contributed by atoms with Crippen molar-refractivity contribution in [2.24, 2.45) is 0 Å². The lowest BCUT2D eigenvalue weighted by Gasteiger charge is -2.10. The second kappa shape index (κ2) is 5.04. The van der Waals surface area contributed by atoms with E-state index < -0.39 is 6.95 Å². The van der Waals surface area contributed by atoms with Gasteiger partial charge in [0.1, 0.15) is 5.76 Å². The molecular formula is C5H9Cl2O3P. The van der Waals surface area contributed by atoms with Gasteiger partial charge in [-0.15, -0.1) is 0 Å². The summed E-state index contributed by atoms with van der Waals surface area (Å²) in [7, 11) is 0. The number of hydrogen-bond donors (Lipinski definition) is 0. The Hall–Kier alpha value is 0.310. The van der Waals surface area contributed by atoms with Crippen LogP contribution in [0.1, 0.15) is 13.8 Å². The molecule has 1 unspecified atom stereocenters. The van der Waals surface area contributed by atoms with Crippen LogP contribution in [0, 0.1) is 0 Å². The minimum Gasteiger partial charge on any atom is -0.417 e. The molecule has 0 rings (SSSR count). The van der Waals surface area contributed by atoms with Crippen LogP contribution < -0.4 is 0 Å². The van der Waals surface area contributed by atoms with E-state index in [2.05, 4.69) is 9.05 Å². The van der Waals surface area contributed by atoms with Gasteiger partial charge in [-0.1, -0.05) is 11.6 Å². The zero-order chi connectivity index (χ0) is 8.91. The smallest absolute Gasteiger partial charge is 0.417 e. The first-order valence-electron chi connectivity index (χ1n) is 2.92. The Kier molecular flexibility index (Phi) is 5.19. The Morgan fingerprint density at radius 1 is 1.73 bits per heavy atom. The summed E-state index contributed by atoms with van der Waals surface area (Å²) in [6, 6.07) is 0. The Morgan fingerprint density at radius 3 is 2.64 bits per heavy atom. The zero-order valence-corrected chi connectivity index (χ0v) is 8.62. The van der Waals surface area contributed by atoms with E-state index in [0.717, 1.165) is 5.54 Å². The molecule has 1 atom stereocenters. The predicted molar refractivity (Wildman–Crippen MR) is 45.8 cm³/mol. The second-order valence-corrected chi connectivity index (χ2v) is 4.42. The highest BCUT2D eigenvalue weighted by atomic mass is 35.7. The van der Waals surface area contributed by atoms with E-state index in [4.69, 9.17) is 22.8 Å². The first kappa shape index (κ1) is 11.3. The molecule has 3 nitrogen and oxygen atoms in total. The highest BCUT2D eigenvalue weighted by Crippen LogP contribution is 2.55. The highest BCUT2D eigenvalue weighted by Gasteiger charge is 2.20. The molecule has 0 amide bonds. The van der Waals surface area contributed by atoms with Gasteiger partial charge >= 0.3 is 6.95 Å². The van der Waals surface area contributed by atoms with Crippen molar-refractivity contribution in [3.05, 3.63) is 11.3 Å². The predicted octanol–water partition coefficient (Wildman–Crippen LogP) is 3.49. The monoisotopic (exact) mass is 218 g/mol. The van der Waals surface area contributed by atoms with Crippen molar-refractivity contribution in [2.45, 2.75) is 13.8 Å². The molecule has 0 bridgehead atoms. The van der Waals surface area contributed by atoms with Gasteiger partial charge in [0.25, 0.3) is 0 Å². The van der Waals surface area contributed by atoms with E-state index in [1.165, 1.54) is 6.92 Å². The number of halogens is 2. The van der Waals surface area contributed by atoms with Gasteiger partial charge in [0.15, 0.2) is 0 Å². The molecule has 0 aliphatic heterocycles. The van der Waals surface area contributed by atoms with Crippen LogP contribution in [-0.4, -0.2) is 6.61 Å². The van der Waals surface area contributed by atoms with Crippen molar-refractivity contribution in [1.29, 1.82) is 0 Å². The van der Waals surface area contributed by atoms with Crippen molar-refractivity contribution in [3.8, 4) is 0 Å². The quantitative estimate of drug-likeness (QED) is 0.536. The normalized spacial score (nSPS) is 17.6. The van der Waals surface area contributed by atoms with Gasteiger partial charge in [-0.05, 0) is 13.8 Å². The lowest BCUT2D eigenvalue weighted by atomic mass is 10.7. The molecule has 0 aromatic carbocycles. The summed E-state index contributed by atoms with van der Waals surface area (Å²) in [6.45, 7) is -0.0196. The topological polar surface area (TPSA) is 35.5 Å². The third-order valence-corrected chi connectivity index (χ3v) is 2.57. The van der Waals surface area contributed by atoms with Crippen LogP contribution in [0.15, 0.2) is 11.3 Å². The molecule has 0 N–H and O–H groups in total. The zero-order valence-electron chi connectivity index (χ0n) is 6.21. The van der Waals surface area contributed by atoms with Gasteiger partial charge in [0, 0.05) is 16.8 Å². The van der Waals surface area contributed by atoms with Gasteiger partial charge in [-0.2, -0.15) is 0 Å². The maximum Gasteiger partial charge on any atom is 0.476 e. The molecule has 0 radical (unpaired) electrons. The summed E-state index contributed by atoms with van der Waals surface area (Å²) < 4.78 is 20.3. The molecule has 0 saturated carbocycles. The first-order chi connectivity index (χ1) is 5.02. The van der Waals surface area contributed by atoms with E-state index in [1.54, 1.807) is 6.92 Å². The number of hydrogen-bond acceptors (Lipinski definition) is 3. The maximum absolute atomic E-state index is 11.0.